The van der Waals surface area contributed by atoms with E-state index in [9.17, 15) is 14.4 Å². The first kappa shape index (κ1) is 21.0. The Balaban J connectivity index is 2.25. The molecule has 0 heterocycles. The summed E-state index contributed by atoms with van der Waals surface area (Å²) in [6.45, 7) is 6.95. The molecule has 2 aromatic carbocycles. The normalized spacial score (nSPS) is 11.1. The van der Waals surface area contributed by atoms with E-state index in [0.29, 0.717) is 36.2 Å². The molecule has 0 aliphatic carbocycles. The van der Waals surface area contributed by atoms with Crippen molar-refractivity contribution in [1.29, 1.82) is 5.26 Å². The predicted molar refractivity (Wildman–Crippen MR) is 107 cm³/mol. The lowest BCUT2D eigenvalue weighted by Gasteiger charge is -2.14. The van der Waals surface area contributed by atoms with Gasteiger partial charge in [-0.05, 0) is 48.7 Å². The summed E-state index contributed by atoms with van der Waals surface area (Å²) in [6, 6.07) is 12.8. The van der Waals surface area contributed by atoms with Crippen molar-refractivity contribution in [3.8, 4) is 17.6 Å². The molecule has 0 spiro atoms. The number of carbonyl (C=O) groups excluding carboxylic acids is 1. The van der Waals surface area contributed by atoms with E-state index in [4.69, 9.17) is 9.47 Å². The molecule has 146 valence electrons. The third kappa shape index (κ3) is 5.85. The van der Waals surface area contributed by atoms with Crippen LogP contribution in [0, 0.1) is 23.1 Å². The summed E-state index contributed by atoms with van der Waals surface area (Å²) in [5.74, 6) is 0.233. The van der Waals surface area contributed by atoms with Gasteiger partial charge in [0.2, 0.25) is 0 Å². The highest BCUT2D eigenvalue weighted by molar-refractivity contribution is 6.09. The van der Waals surface area contributed by atoms with Crippen LogP contribution in [0.2, 0.25) is 0 Å². The quantitative estimate of drug-likeness (QED) is 0.526. The van der Waals surface area contributed by atoms with Gasteiger partial charge >= 0.3 is 0 Å². The molecule has 0 saturated carbocycles. The Morgan fingerprint density at radius 2 is 1.96 bits per heavy atom. The molecule has 0 aromatic heterocycles. The summed E-state index contributed by atoms with van der Waals surface area (Å²) in [5, 5.41) is 11.8. The fourth-order valence-electron chi connectivity index (χ4n) is 2.33. The maximum atomic E-state index is 13.7. The number of para-hydroxylation sites is 1. The van der Waals surface area contributed by atoms with Crippen LogP contribution in [0.25, 0.3) is 6.08 Å². The largest absolute Gasteiger partial charge is 0.490 e. The van der Waals surface area contributed by atoms with Gasteiger partial charge in [-0.3, -0.25) is 4.79 Å². The van der Waals surface area contributed by atoms with Crippen LogP contribution in [0.4, 0.5) is 10.1 Å². The number of nitrogens with one attached hydrogen (secondary N) is 1. The van der Waals surface area contributed by atoms with Gasteiger partial charge in [0.1, 0.15) is 17.5 Å². The number of halogens is 1. The summed E-state index contributed by atoms with van der Waals surface area (Å²) in [6.07, 6.45) is 1.42. The van der Waals surface area contributed by atoms with Crippen molar-refractivity contribution >= 4 is 17.7 Å². The predicted octanol–water partition coefficient (Wildman–Crippen LogP) is 4.80. The zero-order valence-electron chi connectivity index (χ0n) is 16.2. The van der Waals surface area contributed by atoms with Gasteiger partial charge in [-0.15, -0.1) is 0 Å². The summed E-state index contributed by atoms with van der Waals surface area (Å²) < 4.78 is 25.1. The average molecular weight is 382 g/mol. The first-order chi connectivity index (χ1) is 13.4. The van der Waals surface area contributed by atoms with E-state index in [1.165, 1.54) is 24.3 Å². The second-order valence-corrected chi connectivity index (χ2v) is 6.45. The van der Waals surface area contributed by atoms with Crippen LogP contribution < -0.4 is 14.8 Å². The summed E-state index contributed by atoms with van der Waals surface area (Å²) in [4.78, 5) is 12.3. The van der Waals surface area contributed by atoms with Gasteiger partial charge in [-0.25, -0.2) is 4.39 Å². The molecule has 0 saturated heterocycles. The number of rotatable bonds is 8. The summed E-state index contributed by atoms with van der Waals surface area (Å²) in [7, 11) is 0. The molecular formula is C22H23FN2O3. The molecule has 0 unspecified atom stereocenters. The highest BCUT2D eigenvalue weighted by Gasteiger charge is 2.13. The highest BCUT2D eigenvalue weighted by atomic mass is 19.1. The molecule has 0 atom stereocenters. The average Bonchev–Trinajstić information content (AvgIpc) is 2.67. The minimum absolute atomic E-state index is 0.0149. The zero-order chi connectivity index (χ0) is 20.5. The molecule has 0 radical (unpaired) electrons. The molecule has 1 N–H and O–H groups in total. The van der Waals surface area contributed by atoms with Crippen molar-refractivity contribution in [2.75, 3.05) is 18.5 Å². The van der Waals surface area contributed by atoms with Gasteiger partial charge < -0.3 is 14.8 Å². The molecule has 0 fully saturated rings. The van der Waals surface area contributed by atoms with Crippen LogP contribution in [-0.2, 0) is 4.79 Å². The number of ether oxygens (including phenoxy) is 2. The van der Waals surface area contributed by atoms with Gasteiger partial charge in [-0.2, -0.15) is 5.26 Å². The van der Waals surface area contributed by atoms with E-state index < -0.39 is 11.7 Å². The Morgan fingerprint density at radius 1 is 1.21 bits per heavy atom. The lowest BCUT2D eigenvalue weighted by atomic mass is 10.1. The third-order valence-electron chi connectivity index (χ3n) is 3.64. The molecule has 28 heavy (non-hydrogen) atoms. The molecule has 0 aliphatic heterocycles. The third-order valence-corrected chi connectivity index (χ3v) is 3.64. The second-order valence-electron chi connectivity index (χ2n) is 6.45. The van der Waals surface area contributed by atoms with Crippen LogP contribution in [0.3, 0.4) is 0 Å². The molecule has 2 rings (SSSR count). The standard InChI is InChI=1S/C22H23FN2O3/c1-4-27-21-12-16(9-10-20(21)28-14-15(2)3)11-17(13-24)22(26)25-19-8-6-5-7-18(19)23/h5-12,15H,4,14H2,1-3H3,(H,25,26)/b17-11+. The lowest BCUT2D eigenvalue weighted by Crippen LogP contribution is -2.14. The van der Waals surface area contributed by atoms with E-state index >= 15 is 0 Å². The molecule has 0 bridgehead atoms. The SMILES string of the molecule is CCOc1cc(/C=C(\C#N)C(=O)Nc2ccccc2F)ccc1OCC(C)C. The minimum Gasteiger partial charge on any atom is -0.490 e. The van der Waals surface area contributed by atoms with Gasteiger partial charge in [-0.1, -0.05) is 32.0 Å². The zero-order valence-corrected chi connectivity index (χ0v) is 16.2. The number of anilines is 1. The van der Waals surface area contributed by atoms with Gasteiger partial charge in [0.15, 0.2) is 11.5 Å². The van der Waals surface area contributed by atoms with Crippen molar-refractivity contribution in [2.24, 2.45) is 5.92 Å². The molecule has 5 nitrogen and oxygen atoms in total. The topological polar surface area (TPSA) is 71.3 Å². The van der Waals surface area contributed by atoms with Gasteiger partial charge in [0, 0.05) is 0 Å². The molecule has 1 amide bonds. The Labute approximate surface area is 164 Å². The van der Waals surface area contributed by atoms with Crippen molar-refractivity contribution in [3.05, 3.63) is 59.4 Å². The van der Waals surface area contributed by atoms with Gasteiger partial charge in [0.05, 0.1) is 18.9 Å². The molecule has 0 aliphatic rings. The van der Waals surface area contributed by atoms with Crippen molar-refractivity contribution in [3.63, 3.8) is 0 Å². The number of carbonyl (C=O) groups is 1. The summed E-state index contributed by atoms with van der Waals surface area (Å²) in [5.41, 5.74) is 0.461. The van der Waals surface area contributed by atoms with Gasteiger partial charge in [0.25, 0.3) is 5.91 Å². The second kappa shape index (κ2) is 10.1. The molecule has 2 aromatic rings. The van der Waals surface area contributed by atoms with E-state index in [1.54, 1.807) is 24.3 Å². The Bertz CT molecular complexity index is 901. The summed E-state index contributed by atoms with van der Waals surface area (Å²) >= 11 is 0. The van der Waals surface area contributed by atoms with Crippen molar-refractivity contribution in [1.82, 2.24) is 0 Å². The first-order valence-electron chi connectivity index (χ1n) is 9.02. The van der Waals surface area contributed by atoms with Crippen LogP contribution in [0.5, 0.6) is 11.5 Å². The Morgan fingerprint density at radius 3 is 2.61 bits per heavy atom. The number of benzene rings is 2. The monoisotopic (exact) mass is 382 g/mol. The van der Waals surface area contributed by atoms with Crippen LogP contribution in [0.15, 0.2) is 48.0 Å². The number of hydrogen-bond acceptors (Lipinski definition) is 4. The van der Waals surface area contributed by atoms with E-state index in [2.05, 4.69) is 5.32 Å². The fourth-order valence-corrected chi connectivity index (χ4v) is 2.33. The minimum atomic E-state index is -0.689. The molecular weight excluding hydrogens is 359 g/mol. The maximum absolute atomic E-state index is 13.7. The Kier molecular flexibility index (Phi) is 7.58. The Hall–Kier alpha value is -3.33. The van der Waals surface area contributed by atoms with E-state index in [1.807, 2.05) is 26.8 Å². The van der Waals surface area contributed by atoms with Crippen molar-refractivity contribution in [2.45, 2.75) is 20.8 Å². The smallest absolute Gasteiger partial charge is 0.266 e. The van der Waals surface area contributed by atoms with E-state index in [-0.39, 0.29) is 11.3 Å². The van der Waals surface area contributed by atoms with Crippen molar-refractivity contribution < 1.29 is 18.7 Å². The first-order valence-corrected chi connectivity index (χ1v) is 9.02. The maximum Gasteiger partial charge on any atom is 0.266 e. The number of hydrogen-bond donors (Lipinski definition) is 1. The highest BCUT2D eigenvalue weighted by Crippen LogP contribution is 2.30. The van der Waals surface area contributed by atoms with Crippen LogP contribution >= 0.6 is 0 Å². The fraction of sp³-hybridized carbons (Fsp3) is 0.273. The van der Waals surface area contributed by atoms with Crippen LogP contribution in [0.1, 0.15) is 26.3 Å². The van der Waals surface area contributed by atoms with Crippen LogP contribution in [-0.4, -0.2) is 19.1 Å². The number of nitriles is 1. The van der Waals surface area contributed by atoms with E-state index in [0.717, 1.165) is 0 Å². The number of nitrogens with zero attached hydrogens (tertiary/aromatic N) is 1. The number of amides is 1. The molecule has 6 heteroatoms. The lowest BCUT2D eigenvalue weighted by molar-refractivity contribution is -0.112.